The van der Waals surface area contributed by atoms with E-state index in [1.54, 1.807) is 31.2 Å². The third-order valence-electron chi connectivity index (χ3n) is 5.56. The second-order valence-corrected chi connectivity index (χ2v) is 9.91. The molecule has 8 nitrogen and oxygen atoms in total. The van der Waals surface area contributed by atoms with Gasteiger partial charge in [-0.3, -0.25) is 9.59 Å². The van der Waals surface area contributed by atoms with Crippen molar-refractivity contribution in [3.8, 4) is 0 Å². The molecule has 2 aromatic carbocycles. The molecule has 0 aliphatic carbocycles. The van der Waals surface area contributed by atoms with E-state index in [0.29, 0.717) is 45.6 Å². The molecule has 1 aliphatic heterocycles. The van der Waals surface area contributed by atoms with Gasteiger partial charge < -0.3 is 15.4 Å². The Kier molecular flexibility index (Phi) is 8.60. The Morgan fingerprint density at radius 2 is 1.64 bits per heavy atom. The van der Waals surface area contributed by atoms with Gasteiger partial charge in [0.05, 0.1) is 24.2 Å². The van der Waals surface area contributed by atoms with Crippen LogP contribution in [0.15, 0.2) is 53.4 Å². The molecule has 2 amide bonds. The van der Waals surface area contributed by atoms with Crippen molar-refractivity contribution >= 4 is 27.5 Å². The number of carbonyl (C=O) groups is 2. The zero-order valence-corrected chi connectivity index (χ0v) is 19.9. The van der Waals surface area contributed by atoms with Crippen molar-refractivity contribution < 1.29 is 22.7 Å². The Bertz CT molecular complexity index is 1050. The van der Waals surface area contributed by atoms with Crippen molar-refractivity contribution in [2.24, 2.45) is 0 Å². The van der Waals surface area contributed by atoms with Crippen LogP contribution in [0.2, 0.25) is 0 Å². The monoisotopic (exact) mass is 473 g/mol. The Balaban J connectivity index is 1.49. The number of nitrogens with zero attached hydrogens (tertiary/aromatic N) is 1. The molecule has 2 N–H and O–H groups in total. The first-order valence-corrected chi connectivity index (χ1v) is 12.6. The third-order valence-corrected chi connectivity index (χ3v) is 7.48. The highest BCUT2D eigenvalue weighted by Gasteiger charge is 2.26. The molecule has 0 radical (unpaired) electrons. The van der Waals surface area contributed by atoms with Crippen LogP contribution in [-0.4, -0.2) is 50.8 Å². The summed E-state index contributed by atoms with van der Waals surface area (Å²) in [6.07, 6.45) is 1.23. The fraction of sp³-hybridized carbons (Fsp3) is 0.417. The number of benzene rings is 2. The Morgan fingerprint density at radius 3 is 2.24 bits per heavy atom. The smallest absolute Gasteiger partial charge is 0.243 e. The van der Waals surface area contributed by atoms with Gasteiger partial charge in [-0.1, -0.05) is 31.2 Å². The van der Waals surface area contributed by atoms with E-state index in [0.717, 1.165) is 16.8 Å². The number of anilines is 1. The van der Waals surface area contributed by atoms with Crippen molar-refractivity contribution in [2.75, 3.05) is 31.6 Å². The number of hydrogen-bond donors (Lipinski definition) is 2. The Hall–Kier alpha value is -2.75. The van der Waals surface area contributed by atoms with E-state index in [2.05, 4.69) is 10.6 Å². The fourth-order valence-corrected chi connectivity index (χ4v) is 4.93. The van der Waals surface area contributed by atoms with Crippen LogP contribution in [0.1, 0.15) is 43.9 Å². The van der Waals surface area contributed by atoms with Crippen molar-refractivity contribution in [1.82, 2.24) is 9.62 Å². The molecule has 0 bridgehead atoms. The van der Waals surface area contributed by atoms with E-state index in [9.17, 15) is 18.0 Å². The number of nitrogens with one attached hydrogen (secondary N) is 2. The quantitative estimate of drug-likeness (QED) is 0.583. The molecule has 1 heterocycles. The van der Waals surface area contributed by atoms with E-state index in [-0.39, 0.29) is 22.8 Å². The molecular weight excluding hydrogens is 442 g/mol. The highest BCUT2D eigenvalue weighted by atomic mass is 32.2. The first kappa shape index (κ1) is 24.9. The predicted molar refractivity (Wildman–Crippen MR) is 126 cm³/mol. The van der Waals surface area contributed by atoms with Crippen molar-refractivity contribution in [3.63, 3.8) is 0 Å². The lowest BCUT2D eigenvalue weighted by atomic mass is 10.1. The molecular formula is C24H31N3O5S. The summed E-state index contributed by atoms with van der Waals surface area (Å²) in [5.41, 5.74) is 2.56. The van der Waals surface area contributed by atoms with Gasteiger partial charge in [0.1, 0.15) is 0 Å². The minimum absolute atomic E-state index is 0.0455. The normalized spacial score (nSPS) is 15.6. The van der Waals surface area contributed by atoms with Gasteiger partial charge >= 0.3 is 0 Å². The molecule has 2 aromatic rings. The van der Waals surface area contributed by atoms with Crippen molar-refractivity contribution in [3.05, 3.63) is 59.7 Å². The van der Waals surface area contributed by atoms with Gasteiger partial charge in [0, 0.05) is 31.6 Å². The van der Waals surface area contributed by atoms with Crippen molar-refractivity contribution in [1.29, 1.82) is 0 Å². The minimum Gasteiger partial charge on any atom is -0.379 e. The zero-order chi connectivity index (χ0) is 23.8. The number of hydrogen-bond acceptors (Lipinski definition) is 5. The van der Waals surface area contributed by atoms with Crippen molar-refractivity contribution in [2.45, 2.75) is 44.0 Å². The topological polar surface area (TPSA) is 105 Å². The molecule has 1 aliphatic rings. The molecule has 9 heteroatoms. The number of carbonyl (C=O) groups excluding carboxylic acids is 2. The highest BCUT2D eigenvalue weighted by Crippen LogP contribution is 2.19. The van der Waals surface area contributed by atoms with Crippen LogP contribution < -0.4 is 10.6 Å². The Labute approximate surface area is 195 Å². The second kappa shape index (κ2) is 11.4. The summed E-state index contributed by atoms with van der Waals surface area (Å²) in [6.45, 7) is 5.23. The number of morpholine rings is 1. The average molecular weight is 474 g/mol. The standard InChI is InChI=1S/C24H31N3O5S/c1-3-23(28)26-21-9-7-20(8-10-21)18(2)25-24(29)13-6-19-4-11-22(12-5-19)33(30,31)27-14-16-32-17-15-27/h4-5,7-12,18H,3,6,13-17H2,1-2H3,(H,25,29)(H,26,28). The minimum atomic E-state index is -3.52. The van der Waals surface area contributed by atoms with Gasteiger partial charge in [-0.2, -0.15) is 4.31 Å². The van der Waals surface area contributed by atoms with E-state index >= 15 is 0 Å². The molecule has 33 heavy (non-hydrogen) atoms. The lowest BCUT2D eigenvalue weighted by Gasteiger charge is -2.26. The summed E-state index contributed by atoms with van der Waals surface area (Å²) in [5, 5.41) is 5.77. The molecule has 3 rings (SSSR count). The first-order valence-electron chi connectivity index (χ1n) is 11.2. The van der Waals surface area contributed by atoms with Gasteiger partial charge in [0.15, 0.2) is 0 Å². The second-order valence-electron chi connectivity index (χ2n) is 7.97. The lowest BCUT2D eigenvalue weighted by molar-refractivity contribution is -0.121. The Morgan fingerprint density at radius 1 is 1.00 bits per heavy atom. The zero-order valence-electron chi connectivity index (χ0n) is 19.0. The average Bonchev–Trinajstić information content (AvgIpc) is 2.84. The maximum absolute atomic E-state index is 12.7. The third kappa shape index (κ3) is 6.86. The van der Waals surface area contributed by atoms with E-state index < -0.39 is 10.0 Å². The lowest BCUT2D eigenvalue weighted by Crippen LogP contribution is -2.40. The first-order chi connectivity index (χ1) is 15.8. The number of ether oxygens (including phenoxy) is 1. The molecule has 1 saturated heterocycles. The maximum atomic E-state index is 12.7. The van der Waals surface area contributed by atoms with E-state index in [4.69, 9.17) is 4.74 Å². The number of sulfonamides is 1. The molecule has 178 valence electrons. The number of amides is 2. The summed E-state index contributed by atoms with van der Waals surface area (Å²) in [7, 11) is -3.52. The molecule has 1 fully saturated rings. The largest absolute Gasteiger partial charge is 0.379 e. The van der Waals surface area contributed by atoms with Crippen LogP contribution in [0.25, 0.3) is 0 Å². The summed E-state index contributed by atoms with van der Waals surface area (Å²) >= 11 is 0. The van der Waals surface area contributed by atoms with Gasteiger partial charge in [0.25, 0.3) is 0 Å². The predicted octanol–water partition coefficient (Wildman–Crippen LogP) is 2.87. The molecule has 0 saturated carbocycles. The van der Waals surface area contributed by atoms with Gasteiger partial charge in [-0.25, -0.2) is 8.42 Å². The summed E-state index contributed by atoms with van der Waals surface area (Å²) in [5.74, 6) is -0.133. The molecule has 0 spiro atoms. The van der Waals surface area contributed by atoms with Crippen LogP contribution in [-0.2, 0) is 30.8 Å². The van der Waals surface area contributed by atoms with Gasteiger partial charge in [-0.05, 0) is 48.7 Å². The van der Waals surface area contributed by atoms with Crippen LogP contribution in [0.5, 0.6) is 0 Å². The van der Waals surface area contributed by atoms with Gasteiger partial charge in [0.2, 0.25) is 21.8 Å². The fourth-order valence-electron chi connectivity index (χ4n) is 3.52. The van der Waals surface area contributed by atoms with Crippen LogP contribution in [0.3, 0.4) is 0 Å². The SMILES string of the molecule is CCC(=O)Nc1ccc(C(C)NC(=O)CCc2ccc(S(=O)(=O)N3CCOCC3)cc2)cc1. The van der Waals surface area contributed by atoms with Crippen LogP contribution >= 0.6 is 0 Å². The van der Waals surface area contributed by atoms with E-state index in [1.807, 2.05) is 31.2 Å². The summed E-state index contributed by atoms with van der Waals surface area (Å²) < 4.78 is 32.0. The molecule has 0 aromatic heterocycles. The summed E-state index contributed by atoms with van der Waals surface area (Å²) in [6, 6.07) is 13.9. The molecule has 1 unspecified atom stereocenters. The van der Waals surface area contributed by atoms with E-state index in [1.165, 1.54) is 4.31 Å². The molecule has 1 atom stereocenters. The maximum Gasteiger partial charge on any atom is 0.243 e. The highest BCUT2D eigenvalue weighted by molar-refractivity contribution is 7.89. The van der Waals surface area contributed by atoms with Crippen LogP contribution in [0.4, 0.5) is 5.69 Å². The van der Waals surface area contributed by atoms with Crippen LogP contribution in [0, 0.1) is 0 Å². The number of aryl methyl sites for hydroxylation is 1. The number of rotatable bonds is 9. The van der Waals surface area contributed by atoms with Gasteiger partial charge in [-0.15, -0.1) is 0 Å². The summed E-state index contributed by atoms with van der Waals surface area (Å²) in [4.78, 5) is 24.1.